The molecule has 0 bridgehead atoms. The Morgan fingerprint density at radius 3 is 2.57 bits per heavy atom. The summed E-state index contributed by atoms with van der Waals surface area (Å²) < 4.78 is 11.5. The number of likely N-dealkylation sites (tertiary alicyclic amines) is 1. The van der Waals surface area contributed by atoms with E-state index in [2.05, 4.69) is 40.0 Å². The van der Waals surface area contributed by atoms with Crippen LogP contribution in [0.1, 0.15) is 34.6 Å². The number of nitrogens with zero attached hydrogens (tertiary/aromatic N) is 5. The molecule has 1 aromatic carbocycles. The average Bonchev–Trinajstić information content (AvgIpc) is 3.41. The monoisotopic (exact) mass is 479 g/mol. The summed E-state index contributed by atoms with van der Waals surface area (Å²) >= 11 is 0. The second-order valence-electron chi connectivity index (χ2n) is 10.1. The van der Waals surface area contributed by atoms with Crippen molar-refractivity contribution in [3.05, 3.63) is 48.2 Å². The third kappa shape index (κ3) is 6.31. The number of ether oxygens (including phenoxy) is 2. The highest BCUT2D eigenvalue weighted by Gasteiger charge is 2.37. The van der Waals surface area contributed by atoms with E-state index in [1.807, 2.05) is 57.2 Å². The minimum atomic E-state index is -0.483. The lowest BCUT2D eigenvalue weighted by Crippen LogP contribution is -2.36. The van der Waals surface area contributed by atoms with E-state index in [0.717, 1.165) is 49.0 Å². The van der Waals surface area contributed by atoms with Gasteiger partial charge >= 0.3 is 6.09 Å². The number of hydrogen-bond donors (Lipinski definition) is 0. The van der Waals surface area contributed by atoms with Crippen molar-refractivity contribution in [2.24, 2.45) is 5.92 Å². The lowest BCUT2D eigenvalue weighted by atomic mass is 10.1. The quantitative estimate of drug-likeness (QED) is 0.554. The Morgan fingerprint density at radius 1 is 1.11 bits per heavy atom. The highest BCUT2D eigenvalue weighted by molar-refractivity contribution is 5.70. The van der Waals surface area contributed by atoms with Crippen molar-refractivity contribution in [1.29, 1.82) is 0 Å². The standard InChI is InChI=1S/C27H37N5O3/c1-6-30(7-2)13-14-34-23-10-8-9-20(15-23)24-11-12-25(29-28-24)31-16-21-18-32(19-22(21)17-31)26(33)35-27(3,4)5/h8-12,15-16,22H,6-7,13-14,17-19H2,1-5H3. The molecule has 8 nitrogen and oxygen atoms in total. The van der Waals surface area contributed by atoms with Crippen LogP contribution in [0.25, 0.3) is 11.3 Å². The maximum Gasteiger partial charge on any atom is 0.410 e. The molecule has 0 radical (unpaired) electrons. The van der Waals surface area contributed by atoms with Crippen molar-refractivity contribution in [1.82, 2.24) is 20.0 Å². The number of amides is 1. The predicted octanol–water partition coefficient (Wildman–Crippen LogP) is 4.44. The first-order chi connectivity index (χ1) is 16.8. The van der Waals surface area contributed by atoms with E-state index in [0.29, 0.717) is 25.6 Å². The first-order valence-electron chi connectivity index (χ1n) is 12.5. The van der Waals surface area contributed by atoms with Gasteiger partial charge in [0.15, 0.2) is 5.82 Å². The maximum atomic E-state index is 12.4. The van der Waals surface area contributed by atoms with Gasteiger partial charge < -0.3 is 24.2 Å². The van der Waals surface area contributed by atoms with Crippen molar-refractivity contribution in [2.75, 3.05) is 50.8 Å². The molecule has 1 fully saturated rings. The first kappa shape index (κ1) is 25.0. The first-order valence-corrected chi connectivity index (χ1v) is 12.5. The van der Waals surface area contributed by atoms with Gasteiger partial charge in [0, 0.05) is 43.9 Å². The summed E-state index contributed by atoms with van der Waals surface area (Å²) in [6.45, 7) is 15.7. The third-order valence-corrected chi connectivity index (χ3v) is 6.37. The molecule has 2 aliphatic heterocycles. The molecule has 188 valence electrons. The molecule has 1 saturated heterocycles. The summed E-state index contributed by atoms with van der Waals surface area (Å²) in [5, 5.41) is 8.96. The van der Waals surface area contributed by atoms with Crippen LogP contribution in [0, 0.1) is 5.92 Å². The molecule has 1 atom stereocenters. The predicted molar refractivity (Wildman–Crippen MR) is 137 cm³/mol. The number of fused-ring (bicyclic) bond motifs is 1. The third-order valence-electron chi connectivity index (χ3n) is 6.37. The zero-order valence-electron chi connectivity index (χ0n) is 21.5. The Kier molecular flexibility index (Phi) is 7.60. The number of rotatable bonds is 8. The van der Waals surface area contributed by atoms with Crippen LogP contribution in [0.5, 0.6) is 5.75 Å². The zero-order valence-corrected chi connectivity index (χ0v) is 21.5. The van der Waals surface area contributed by atoms with Crippen LogP contribution in [0.2, 0.25) is 0 Å². The van der Waals surface area contributed by atoms with Crippen LogP contribution in [-0.4, -0.2) is 77.6 Å². The summed E-state index contributed by atoms with van der Waals surface area (Å²) in [5.41, 5.74) is 2.54. The van der Waals surface area contributed by atoms with Crippen LogP contribution in [0.15, 0.2) is 48.2 Å². The van der Waals surface area contributed by atoms with Crippen LogP contribution >= 0.6 is 0 Å². The summed E-state index contributed by atoms with van der Waals surface area (Å²) in [4.78, 5) is 18.6. The molecular weight excluding hydrogens is 442 g/mol. The summed E-state index contributed by atoms with van der Waals surface area (Å²) in [6.07, 6.45) is 1.85. The Bertz CT molecular complexity index is 1040. The number of anilines is 1. The number of aromatic nitrogens is 2. The molecule has 8 heteroatoms. The molecule has 0 saturated carbocycles. The van der Waals surface area contributed by atoms with E-state index in [-0.39, 0.29) is 6.09 Å². The number of hydrogen-bond acceptors (Lipinski definition) is 7. The van der Waals surface area contributed by atoms with Gasteiger partial charge in [0.05, 0.1) is 5.69 Å². The topological polar surface area (TPSA) is 71.0 Å². The van der Waals surface area contributed by atoms with Gasteiger partial charge in [0.25, 0.3) is 0 Å². The molecule has 35 heavy (non-hydrogen) atoms. The summed E-state index contributed by atoms with van der Waals surface area (Å²) in [6, 6.07) is 12.0. The van der Waals surface area contributed by atoms with Crippen molar-refractivity contribution < 1.29 is 14.3 Å². The van der Waals surface area contributed by atoms with Crippen LogP contribution in [0.4, 0.5) is 10.6 Å². The van der Waals surface area contributed by atoms with Gasteiger partial charge in [-0.15, -0.1) is 10.2 Å². The van der Waals surface area contributed by atoms with E-state index in [4.69, 9.17) is 9.47 Å². The fraction of sp³-hybridized carbons (Fsp3) is 0.519. The molecule has 2 aliphatic rings. The minimum Gasteiger partial charge on any atom is -0.492 e. The van der Waals surface area contributed by atoms with E-state index in [9.17, 15) is 4.79 Å². The van der Waals surface area contributed by atoms with Gasteiger partial charge in [-0.25, -0.2) is 4.79 Å². The molecule has 1 aromatic heterocycles. The number of benzene rings is 1. The van der Waals surface area contributed by atoms with Crippen molar-refractivity contribution in [3.8, 4) is 17.0 Å². The lowest BCUT2D eigenvalue weighted by molar-refractivity contribution is 0.0291. The second kappa shape index (κ2) is 10.6. The molecule has 4 rings (SSSR count). The van der Waals surface area contributed by atoms with E-state index in [1.54, 1.807) is 4.90 Å². The van der Waals surface area contributed by atoms with E-state index >= 15 is 0 Å². The van der Waals surface area contributed by atoms with Gasteiger partial charge in [-0.1, -0.05) is 26.0 Å². The van der Waals surface area contributed by atoms with Gasteiger partial charge in [-0.3, -0.25) is 0 Å². The molecule has 0 spiro atoms. The molecule has 0 aliphatic carbocycles. The summed E-state index contributed by atoms with van der Waals surface area (Å²) in [5.74, 6) is 1.95. The largest absolute Gasteiger partial charge is 0.492 e. The Morgan fingerprint density at radius 2 is 1.91 bits per heavy atom. The van der Waals surface area contributed by atoms with E-state index in [1.165, 1.54) is 5.57 Å². The zero-order chi connectivity index (χ0) is 25.0. The van der Waals surface area contributed by atoms with Gasteiger partial charge in [0.1, 0.15) is 18.0 Å². The fourth-order valence-electron chi connectivity index (χ4n) is 4.44. The van der Waals surface area contributed by atoms with Gasteiger partial charge in [-0.05, 0) is 63.7 Å². The van der Waals surface area contributed by atoms with Crippen LogP contribution < -0.4 is 9.64 Å². The van der Waals surface area contributed by atoms with Crippen LogP contribution in [0.3, 0.4) is 0 Å². The van der Waals surface area contributed by atoms with Gasteiger partial charge in [-0.2, -0.15) is 0 Å². The highest BCUT2D eigenvalue weighted by Crippen LogP contribution is 2.33. The number of likely N-dealkylation sites (N-methyl/N-ethyl adjacent to an activating group) is 1. The van der Waals surface area contributed by atoms with Crippen molar-refractivity contribution in [2.45, 2.75) is 40.2 Å². The lowest BCUT2D eigenvalue weighted by Gasteiger charge is -2.25. The normalized spacial score (nSPS) is 17.5. The second-order valence-corrected chi connectivity index (χ2v) is 10.1. The van der Waals surface area contributed by atoms with Crippen molar-refractivity contribution in [3.63, 3.8) is 0 Å². The SMILES string of the molecule is CCN(CC)CCOc1cccc(-c2ccc(N3C=C4CN(C(=O)OC(C)(C)C)CC4C3)nn2)c1. The molecule has 1 unspecified atom stereocenters. The molecule has 1 amide bonds. The smallest absolute Gasteiger partial charge is 0.410 e. The number of carbonyl (C=O) groups excluding carboxylic acids is 1. The summed E-state index contributed by atoms with van der Waals surface area (Å²) in [7, 11) is 0. The highest BCUT2D eigenvalue weighted by atomic mass is 16.6. The average molecular weight is 480 g/mol. The van der Waals surface area contributed by atoms with E-state index < -0.39 is 5.60 Å². The Labute approximate surface area is 208 Å². The minimum absolute atomic E-state index is 0.247. The van der Waals surface area contributed by atoms with Crippen molar-refractivity contribution >= 4 is 11.9 Å². The molecular formula is C27H37N5O3. The Hall–Kier alpha value is -3.13. The Balaban J connectivity index is 1.35. The molecule has 3 heterocycles. The van der Waals surface area contributed by atoms with Crippen LogP contribution in [-0.2, 0) is 4.74 Å². The van der Waals surface area contributed by atoms with Gasteiger partial charge in [0.2, 0.25) is 0 Å². The molecule has 2 aromatic rings. The molecule has 0 N–H and O–H groups in total. The fourth-order valence-corrected chi connectivity index (χ4v) is 4.44. The number of carbonyl (C=O) groups is 1. The maximum absolute atomic E-state index is 12.4.